The van der Waals surface area contributed by atoms with Crippen molar-refractivity contribution in [2.45, 2.75) is 19.4 Å². The van der Waals surface area contributed by atoms with Crippen molar-refractivity contribution in [3.8, 4) is 0 Å². The lowest BCUT2D eigenvalue weighted by Crippen LogP contribution is -2.36. The van der Waals surface area contributed by atoms with Crippen LogP contribution in [0.4, 0.5) is 5.69 Å². The highest BCUT2D eigenvalue weighted by molar-refractivity contribution is 6.31. The van der Waals surface area contributed by atoms with Crippen LogP contribution >= 0.6 is 11.6 Å². The van der Waals surface area contributed by atoms with Crippen molar-refractivity contribution in [3.05, 3.63) is 65.2 Å². The molecule has 0 radical (unpaired) electrons. The third kappa shape index (κ3) is 2.74. The Kier molecular flexibility index (Phi) is 4.46. The summed E-state index contributed by atoms with van der Waals surface area (Å²) in [5.74, 6) is 0.184. The van der Waals surface area contributed by atoms with Crippen molar-refractivity contribution in [3.63, 3.8) is 0 Å². The van der Waals surface area contributed by atoms with Gasteiger partial charge in [-0.1, -0.05) is 48.9 Å². The number of hydrogen-bond donors (Lipinski definition) is 1. The molecule has 0 fully saturated rings. The molecular weight excluding hydrogens is 296 g/mol. The van der Waals surface area contributed by atoms with Crippen LogP contribution in [0.25, 0.3) is 0 Å². The Bertz CT molecular complexity index is 672. The predicted octanol–water partition coefficient (Wildman–Crippen LogP) is 3.95. The van der Waals surface area contributed by atoms with Gasteiger partial charge in [-0.3, -0.25) is 5.01 Å². The van der Waals surface area contributed by atoms with Gasteiger partial charge in [0, 0.05) is 10.9 Å². The van der Waals surface area contributed by atoms with Gasteiger partial charge < -0.3 is 5.11 Å². The first-order chi connectivity index (χ1) is 10.7. The molecule has 1 aliphatic heterocycles. The van der Waals surface area contributed by atoms with Gasteiger partial charge in [-0.05, 0) is 36.2 Å². The second kappa shape index (κ2) is 6.51. The molecule has 2 atom stereocenters. The van der Waals surface area contributed by atoms with Crippen LogP contribution < -0.4 is 5.01 Å². The zero-order valence-corrected chi connectivity index (χ0v) is 13.2. The van der Waals surface area contributed by atoms with Gasteiger partial charge in [0.1, 0.15) is 0 Å². The van der Waals surface area contributed by atoms with Crippen molar-refractivity contribution >= 4 is 23.0 Å². The second-order valence-corrected chi connectivity index (χ2v) is 5.88. The van der Waals surface area contributed by atoms with Crippen molar-refractivity contribution < 1.29 is 5.11 Å². The molecule has 1 N–H and O–H groups in total. The molecule has 1 heterocycles. The molecule has 0 saturated carbocycles. The minimum Gasteiger partial charge on any atom is -0.394 e. The van der Waals surface area contributed by atoms with Gasteiger partial charge in [-0.15, -0.1) is 0 Å². The molecule has 3 nitrogen and oxygen atoms in total. The molecular formula is C18H19ClN2O. The zero-order chi connectivity index (χ0) is 15.5. The van der Waals surface area contributed by atoms with Gasteiger partial charge in [-0.25, -0.2) is 0 Å². The first kappa shape index (κ1) is 15.1. The number of anilines is 1. The Labute approximate surface area is 135 Å². The van der Waals surface area contributed by atoms with Crippen LogP contribution in [0.2, 0.25) is 5.02 Å². The summed E-state index contributed by atoms with van der Waals surface area (Å²) in [4.78, 5) is 0. The summed E-state index contributed by atoms with van der Waals surface area (Å²) < 4.78 is 0. The van der Waals surface area contributed by atoms with E-state index in [1.807, 2.05) is 59.6 Å². The van der Waals surface area contributed by atoms with Crippen LogP contribution in [0.15, 0.2) is 59.7 Å². The van der Waals surface area contributed by atoms with E-state index in [1.165, 1.54) is 0 Å². The molecule has 22 heavy (non-hydrogen) atoms. The summed E-state index contributed by atoms with van der Waals surface area (Å²) in [5, 5.41) is 17.3. The van der Waals surface area contributed by atoms with Crippen LogP contribution in [-0.4, -0.2) is 23.5 Å². The highest BCUT2D eigenvalue weighted by atomic mass is 35.5. The molecule has 0 aliphatic carbocycles. The number of benzene rings is 2. The molecule has 1 aliphatic rings. The standard InChI is InChI=1S/C18H19ClN2O/c1-2-16-17(12-22)21(15-9-4-3-5-10-15)20-18(16)13-7-6-8-14(19)11-13/h3-11,16-17,22H,2,12H2,1H3/t16-,17-/m1/s1. The number of aliphatic hydroxyl groups excluding tert-OH is 1. The van der Waals surface area contributed by atoms with Gasteiger partial charge in [0.2, 0.25) is 0 Å². The Morgan fingerprint density at radius 1 is 1.14 bits per heavy atom. The molecule has 0 saturated heterocycles. The SMILES string of the molecule is CC[C@H]1C(c2cccc(Cl)c2)=NN(c2ccccc2)[C@@H]1CO. The minimum atomic E-state index is -0.0404. The first-order valence-electron chi connectivity index (χ1n) is 7.54. The first-order valence-corrected chi connectivity index (χ1v) is 7.92. The smallest absolute Gasteiger partial charge is 0.0841 e. The van der Waals surface area contributed by atoms with E-state index in [4.69, 9.17) is 16.7 Å². The van der Waals surface area contributed by atoms with Crippen LogP contribution in [0, 0.1) is 5.92 Å². The number of halogens is 1. The Balaban J connectivity index is 2.04. The van der Waals surface area contributed by atoms with Crippen LogP contribution in [-0.2, 0) is 0 Å². The molecule has 4 heteroatoms. The van der Waals surface area contributed by atoms with E-state index < -0.39 is 0 Å². The Hall–Kier alpha value is -1.84. The van der Waals surface area contributed by atoms with Gasteiger partial charge in [0.15, 0.2) is 0 Å². The number of para-hydroxylation sites is 1. The number of hydrogen-bond acceptors (Lipinski definition) is 3. The summed E-state index contributed by atoms with van der Waals surface area (Å²) in [5.41, 5.74) is 3.01. The van der Waals surface area contributed by atoms with E-state index in [9.17, 15) is 5.11 Å². The lowest BCUT2D eigenvalue weighted by atomic mass is 9.89. The lowest BCUT2D eigenvalue weighted by molar-refractivity contribution is 0.244. The predicted molar refractivity (Wildman–Crippen MR) is 91.6 cm³/mol. The Morgan fingerprint density at radius 2 is 1.91 bits per heavy atom. The third-order valence-corrected chi connectivity index (χ3v) is 4.35. The fraction of sp³-hybridized carbons (Fsp3) is 0.278. The van der Waals surface area contributed by atoms with Gasteiger partial charge in [0.05, 0.1) is 24.0 Å². The largest absolute Gasteiger partial charge is 0.394 e. The van der Waals surface area contributed by atoms with E-state index in [2.05, 4.69) is 6.92 Å². The monoisotopic (exact) mass is 314 g/mol. The molecule has 0 spiro atoms. The molecule has 114 valence electrons. The van der Waals surface area contributed by atoms with Crippen LogP contribution in [0.1, 0.15) is 18.9 Å². The van der Waals surface area contributed by atoms with Crippen LogP contribution in [0.5, 0.6) is 0 Å². The molecule has 0 bridgehead atoms. The van der Waals surface area contributed by atoms with Gasteiger partial charge in [0.25, 0.3) is 0 Å². The van der Waals surface area contributed by atoms with Crippen molar-refractivity contribution in [1.82, 2.24) is 0 Å². The second-order valence-electron chi connectivity index (χ2n) is 5.44. The van der Waals surface area contributed by atoms with E-state index in [0.717, 1.165) is 23.4 Å². The number of nitrogens with zero attached hydrogens (tertiary/aromatic N) is 2. The van der Waals surface area contributed by atoms with Gasteiger partial charge >= 0.3 is 0 Å². The summed E-state index contributed by atoms with van der Waals surface area (Å²) in [6, 6.07) is 17.7. The maximum Gasteiger partial charge on any atom is 0.0841 e. The van der Waals surface area contributed by atoms with Crippen LogP contribution in [0.3, 0.4) is 0 Å². The zero-order valence-electron chi connectivity index (χ0n) is 12.5. The summed E-state index contributed by atoms with van der Waals surface area (Å²) in [6.07, 6.45) is 0.917. The normalized spacial score (nSPS) is 21.0. The minimum absolute atomic E-state index is 0.0404. The summed E-state index contributed by atoms with van der Waals surface area (Å²) in [6.45, 7) is 2.20. The Morgan fingerprint density at radius 3 is 2.55 bits per heavy atom. The summed E-state index contributed by atoms with van der Waals surface area (Å²) >= 11 is 6.12. The van der Waals surface area contributed by atoms with E-state index in [1.54, 1.807) is 0 Å². The molecule has 0 unspecified atom stereocenters. The number of hydrazone groups is 1. The molecule has 3 rings (SSSR count). The molecule has 0 amide bonds. The fourth-order valence-corrected chi connectivity index (χ4v) is 3.23. The summed E-state index contributed by atoms with van der Waals surface area (Å²) in [7, 11) is 0. The lowest BCUT2D eigenvalue weighted by Gasteiger charge is -2.25. The molecule has 2 aromatic carbocycles. The highest BCUT2D eigenvalue weighted by Gasteiger charge is 2.37. The van der Waals surface area contributed by atoms with E-state index in [0.29, 0.717) is 5.02 Å². The molecule has 0 aromatic heterocycles. The maximum atomic E-state index is 9.88. The van der Waals surface area contributed by atoms with Gasteiger partial charge in [-0.2, -0.15) is 5.10 Å². The average molecular weight is 315 g/mol. The fourth-order valence-electron chi connectivity index (χ4n) is 3.04. The third-order valence-electron chi connectivity index (χ3n) is 4.11. The van der Waals surface area contributed by atoms with Crippen molar-refractivity contribution in [1.29, 1.82) is 0 Å². The van der Waals surface area contributed by atoms with E-state index >= 15 is 0 Å². The maximum absolute atomic E-state index is 9.88. The highest BCUT2D eigenvalue weighted by Crippen LogP contribution is 2.32. The van der Waals surface area contributed by atoms with Crippen molar-refractivity contribution in [2.75, 3.05) is 11.6 Å². The van der Waals surface area contributed by atoms with Crippen molar-refractivity contribution in [2.24, 2.45) is 11.0 Å². The number of aliphatic hydroxyl groups is 1. The van der Waals surface area contributed by atoms with E-state index in [-0.39, 0.29) is 18.6 Å². The number of rotatable bonds is 4. The average Bonchev–Trinajstić information content (AvgIpc) is 2.94. The topological polar surface area (TPSA) is 35.8 Å². The quantitative estimate of drug-likeness (QED) is 0.927. The molecule has 2 aromatic rings.